The first-order valence-corrected chi connectivity index (χ1v) is 7.84. The molecule has 1 unspecified atom stereocenters. The zero-order valence-electron chi connectivity index (χ0n) is 13.4. The normalized spacial score (nSPS) is 17.5. The van der Waals surface area contributed by atoms with Crippen LogP contribution >= 0.6 is 0 Å². The molecule has 2 aromatic rings. The van der Waals surface area contributed by atoms with E-state index in [4.69, 9.17) is 9.47 Å². The Balaban J connectivity index is 1.99. The van der Waals surface area contributed by atoms with Crippen molar-refractivity contribution in [1.29, 1.82) is 0 Å². The summed E-state index contributed by atoms with van der Waals surface area (Å²) in [7, 11) is 0. The first-order chi connectivity index (χ1) is 11.1. The highest BCUT2D eigenvalue weighted by molar-refractivity contribution is 5.72. The van der Waals surface area contributed by atoms with Gasteiger partial charge in [0.15, 0.2) is 11.6 Å². The van der Waals surface area contributed by atoms with E-state index in [-0.39, 0.29) is 24.3 Å². The summed E-state index contributed by atoms with van der Waals surface area (Å²) in [6, 6.07) is 9.29. The Bertz CT molecular complexity index is 706. The third-order valence-electron chi connectivity index (χ3n) is 4.24. The van der Waals surface area contributed by atoms with Crippen molar-refractivity contribution >= 4 is 0 Å². The van der Waals surface area contributed by atoms with Crippen molar-refractivity contribution in [2.45, 2.75) is 33.0 Å². The highest BCUT2D eigenvalue weighted by Crippen LogP contribution is 2.35. The highest BCUT2D eigenvalue weighted by atomic mass is 19.1. The number of rotatable bonds is 4. The average Bonchev–Trinajstić information content (AvgIpc) is 3.06. The molecule has 1 aliphatic heterocycles. The standard InChI is InChI=1S/C19H21FO3/c1-12-8-17(23-16-6-7-22-11-16)19(20)13(2)18(12)15-5-3-4-14(9-15)10-21/h3-5,8-9,16,21H,6-7,10-11H2,1-2H3. The summed E-state index contributed by atoms with van der Waals surface area (Å²) in [4.78, 5) is 0. The Labute approximate surface area is 135 Å². The van der Waals surface area contributed by atoms with E-state index in [1.54, 1.807) is 13.0 Å². The van der Waals surface area contributed by atoms with Crippen LogP contribution < -0.4 is 4.74 Å². The van der Waals surface area contributed by atoms with Crippen LogP contribution in [0, 0.1) is 19.7 Å². The number of aliphatic hydroxyl groups excluding tert-OH is 1. The van der Waals surface area contributed by atoms with E-state index in [9.17, 15) is 9.50 Å². The molecule has 4 heteroatoms. The maximum absolute atomic E-state index is 14.7. The minimum atomic E-state index is -0.327. The Morgan fingerprint density at radius 1 is 1.30 bits per heavy atom. The minimum absolute atomic E-state index is 0.0305. The zero-order valence-corrected chi connectivity index (χ0v) is 13.4. The van der Waals surface area contributed by atoms with Gasteiger partial charge in [-0.3, -0.25) is 0 Å². The second-order valence-electron chi connectivity index (χ2n) is 5.97. The van der Waals surface area contributed by atoms with Gasteiger partial charge in [-0.1, -0.05) is 18.2 Å². The Kier molecular flexibility index (Phi) is 4.64. The Morgan fingerprint density at radius 2 is 2.13 bits per heavy atom. The Hall–Kier alpha value is -1.91. The molecule has 23 heavy (non-hydrogen) atoms. The van der Waals surface area contributed by atoms with Gasteiger partial charge in [0.25, 0.3) is 0 Å². The summed E-state index contributed by atoms with van der Waals surface area (Å²) in [5.41, 5.74) is 4.08. The van der Waals surface area contributed by atoms with Crippen LogP contribution in [0.1, 0.15) is 23.1 Å². The van der Waals surface area contributed by atoms with E-state index in [1.165, 1.54) is 0 Å². The third kappa shape index (κ3) is 3.23. The lowest BCUT2D eigenvalue weighted by Crippen LogP contribution is -2.17. The first kappa shape index (κ1) is 16.0. The molecular formula is C19H21FO3. The number of benzene rings is 2. The van der Waals surface area contributed by atoms with Crippen LogP contribution in [0.25, 0.3) is 11.1 Å². The molecule has 1 fully saturated rings. The van der Waals surface area contributed by atoms with Crippen LogP contribution in [-0.2, 0) is 11.3 Å². The van der Waals surface area contributed by atoms with Crippen molar-refractivity contribution < 1.29 is 19.0 Å². The van der Waals surface area contributed by atoms with Gasteiger partial charge in [-0.2, -0.15) is 0 Å². The number of hydrogen-bond acceptors (Lipinski definition) is 3. The smallest absolute Gasteiger partial charge is 0.168 e. The maximum Gasteiger partial charge on any atom is 0.168 e. The molecule has 3 nitrogen and oxygen atoms in total. The van der Waals surface area contributed by atoms with Gasteiger partial charge in [-0.15, -0.1) is 0 Å². The fourth-order valence-electron chi connectivity index (χ4n) is 3.06. The molecule has 0 bridgehead atoms. The van der Waals surface area contributed by atoms with Crippen LogP contribution in [0.3, 0.4) is 0 Å². The lowest BCUT2D eigenvalue weighted by atomic mass is 9.94. The van der Waals surface area contributed by atoms with E-state index >= 15 is 0 Å². The van der Waals surface area contributed by atoms with Crippen LogP contribution in [0.2, 0.25) is 0 Å². The van der Waals surface area contributed by atoms with E-state index in [0.717, 1.165) is 28.7 Å². The van der Waals surface area contributed by atoms with Crippen molar-refractivity contribution in [3.05, 3.63) is 52.8 Å². The third-order valence-corrected chi connectivity index (χ3v) is 4.24. The van der Waals surface area contributed by atoms with E-state index in [0.29, 0.717) is 18.8 Å². The van der Waals surface area contributed by atoms with Crippen LogP contribution in [0.5, 0.6) is 5.75 Å². The van der Waals surface area contributed by atoms with Gasteiger partial charge in [0, 0.05) is 6.42 Å². The molecule has 122 valence electrons. The molecule has 3 rings (SSSR count). The largest absolute Gasteiger partial charge is 0.485 e. The monoisotopic (exact) mass is 316 g/mol. The fourth-order valence-corrected chi connectivity index (χ4v) is 3.06. The molecule has 0 aromatic heterocycles. The van der Waals surface area contributed by atoms with Gasteiger partial charge in [-0.05, 0) is 53.8 Å². The molecule has 0 spiro atoms. The van der Waals surface area contributed by atoms with Crippen molar-refractivity contribution in [2.24, 2.45) is 0 Å². The molecular weight excluding hydrogens is 295 g/mol. The predicted molar refractivity (Wildman–Crippen MR) is 87.1 cm³/mol. The summed E-state index contributed by atoms with van der Waals surface area (Å²) in [5, 5.41) is 9.30. The zero-order chi connectivity index (χ0) is 16.4. The highest BCUT2D eigenvalue weighted by Gasteiger charge is 2.21. The SMILES string of the molecule is Cc1cc(OC2CCOC2)c(F)c(C)c1-c1cccc(CO)c1. The molecule has 1 aliphatic rings. The molecule has 0 aliphatic carbocycles. The van der Waals surface area contributed by atoms with Gasteiger partial charge in [0.1, 0.15) is 6.10 Å². The fraction of sp³-hybridized carbons (Fsp3) is 0.368. The summed E-state index contributed by atoms with van der Waals surface area (Å²) in [6.45, 7) is 4.86. The number of hydrogen-bond donors (Lipinski definition) is 1. The van der Waals surface area contributed by atoms with Gasteiger partial charge in [-0.25, -0.2) is 4.39 Å². The van der Waals surface area contributed by atoms with Crippen molar-refractivity contribution in [3.63, 3.8) is 0 Å². The lowest BCUT2D eigenvalue weighted by Gasteiger charge is -2.18. The molecule has 0 amide bonds. The number of ether oxygens (including phenoxy) is 2. The van der Waals surface area contributed by atoms with E-state index in [2.05, 4.69) is 0 Å². The van der Waals surface area contributed by atoms with Gasteiger partial charge in [0.05, 0.1) is 19.8 Å². The Morgan fingerprint density at radius 3 is 2.83 bits per heavy atom. The molecule has 0 radical (unpaired) electrons. The lowest BCUT2D eigenvalue weighted by molar-refractivity contribution is 0.138. The summed E-state index contributed by atoms with van der Waals surface area (Å²) >= 11 is 0. The topological polar surface area (TPSA) is 38.7 Å². The second kappa shape index (κ2) is 6.69. The van der Waals surface area contributed by atoms with Crippen LogP contribution in [-0.4, -0.2) is 24.4 Å². The van der Waals surface area contributed by atoms with Crippen molar-refractivity contribution in [3.8, 4) is 16.9 Å². The summed E-state index contributed by atoms with van der Waals surface area (Å²) in [5.74, 6) is -0.0375. The van der Waals surface area contributed by atoms with Crippen molar-refractivity contribution in [2.75, 3.05) is 13.2 Å². The quantitative estimate of drug-likeness (QED) is 0.933. The van der Waals surface area contributed by atoms with Gasteiger partial charge in [0.2, 0.25) is 0 Å². The number of halogens is 1. The summed E-state index contributed by atoms with van der Waals surface area (Å²) < 4.78 is 25.8. The van der Waals surface area contributed by atoms with Crippen LogP contribution in [0.4, 0.5) is 4.39 Å². The molecule has 1 N–H and O–H groups in total. The van der Waals surface area contributed by atoms with Gasteiger partial charge >= 0.3 is 0 Å². The average molecular weight is 316 g/mol. The number of aryl methyl sites for hydroxylation is 1. The summed E-state index contributed by atoms with van der Waals surface area (Å²) in [6.07, 6.45) is 0.713. The molecule has 2 aromatic carbocycles. The van der Waals surface area contributed by atoms with E-state index in [1.807, 2.05) is 31.2 Å². The molecule has 1 saturated heterocycles. The first-order valence-electron chi connectivity index (χ1n) is 7.84. The minimum Gasteiger partial charge on any atom is -0.485 e. The van der Waals surface area contributed by atoms with Gasteiger partial charge < -0.3 is 14.6 Å². The number of aliphatic hydroxyl groups is 1. The molecule has 0 saturated carbocycles. The maximum atomic E-state index is 14.7. The second-order valence-corrected chi connectivity index (χ2v) is 5.97. The molecule has 1 atom stereocenters. The van der Waals surface area contributed by atoms with Crippen LogP contribution in [0.15, 0.2) is 30.3 Å². The predicted octanol–water partition coefficient (Wildman–Crippen LogP) is 3.77. The van der Waals surface area contributed by atoms with E-state index < -0.39 is 0 Å². The van der Waals surface area contributed by atoms with Crippen molar-refractivity contribution in [1.82, 2.24) is 0 Å². The molecule has 1 heterocycles.